The average molecular weight is 855 g/mol. The van der Waals surface area contributed by atoms with Crippen LogP contribution in [0.1, 0.15) is 72.6 Å². The van der Waals surface area contributed by atoms with Crippen LogP contribution in [-0.4, -0.2) is 80.0 Å². The Balaban J connectivity index is 0.766. The van der Waals surface area contributed by atoms with Gasteiger partial charge in [0.2, 0.25) is 12.3 Å². The molecule has 8 atom stereocenters. The number of amides is 3. The van der Waals surface area contributed by atoms with Gasteiger partial charge in [-0.3, -0.25) is 14.9 Å². The molecule has 322 valence electrons. The Morgan fingerprint density at radius 3 is 1.56 bits per heavy atom. The Kier molecular flexibility index (Phi) is 9.35. The van der Waals surface area contributed by atoms with Crippen LogP contribution in [0.15, 0.2) is 121 Å². The molecule has 3 saturated heterocycles. The monoisotopic (exact) mass is 854 g/mol. The highest BCUT2D eigenvalue weighted by molar-refractivity contribution is 5.89. The zero-order chi connectivity index (χ0) is 43.1. The van der Waals surface area contributed by atoms with Crippen molar-refractivity contribution in [1.82, 2.24) is 40.4 Å². The standard InChI is InChI=1S/C50H46N8O6/c1-62-49(61)55-43(29-8-4-2-5-9-29)47(59)57-39-22-33(39)24-41(57)45-51-35-18-16-31(20-37(35)53-45)27-12-14-28(15-13-27)32-17-19-36-38(21-32)54-46(52-36)42-25-34-23-40(34)58(42)48(60)44(56-50-63-26-64-50)30-10-6-3-7-11-30/h2-21,33-34,39-44,50,56H,22-26H2,1H3,(H,51,53)(H,52,54)(H,55,61)/t33-,34-,39?,40-,41+,42+,43-,44-/m1/s1. The number of methoxy groups -OCH3 is 1. The van der Waals surface area contributed by atoms with Crippen LogP contribution in [0.3, 0.4) is 0 Å². The minimum absolute atomic E-state index is 0.000902. The second kappa shape index (κ2) is 15.4. The van der Waals surface area contributed by atoms with E-state index in [-0.39, 0.29) is 42.8 Å². The highest BCUT2D eigenvalue weighted by atomic mass is 16.9. The molecule has 3 aliphatic heterocycles. The maximum absolute atomic E-state index is 14.4. The molecule has 0 bridgehead atoms. The van der Waals surface area contributed by atoms with Gasteiger partial charge < -0.3 is 39.3 Å². The van der Waals surface area contributed by atoms with Crippen LogP contribution in [-0.2, 0) is 23.8 Å². The Bertz CT molecular complexity index is 2920. The fraction of sp³-hybridized carbons (Fsp3) is 0.300. The number of hydrogen-bond acceptors (Lipinski definition) is 9. The van der Waals surface area contributed by atoms with E-state index < -0.39 is 24.6 Å². The zero-order valence-corrected chi connectivity index (χ0v) is 35.0. The summed E-state index contributed by atoms with van der Waals surface area (Å²) in [4.78, 5) is 62.1. The molecule has 5 heterocycles. The molecule has 2 aromatic heterocycles. The number of benzene rings is 5. The van der Waals surface area contributed by atoms with Gasteiger partial charge in [0.15, 0.2) is 6.79 Å². The van der Waals surface area contributed by atoms with Gasteiger partial charge in [-0.15, -0.1) is 0 Å². The molecule has 2 saturated carbocycles. The summed E-state index contributed by atoms with van der Waals surface area (Å²) in [6.45, 7) is 0.212. The van der Waals surface area contributed by atoms with Crippen molar-refractivity contribution in [2.75, 3.05) is 13.9 Å². The molecule has 1 unspecified atom stereocenters. The van der Waals surface area contributed by atoms with Crippen molar-refractivity contribution in [3.8, 4) is 22.3 Å². The Morgan fingerprint density at radius 1 is 0.625 bits per heavy atom. The SMILES string of the molecule is COC(=O)N[C@@H](C(=O)N1C2C[C@@H]2C[C@H]1c1nc2ccc(-c3ccc(-c4ccc5nc([C@@H]6C[C@H]7C[C@H]7N6C(=O)[C@H](NC6OCO6)c6ccccc6)[nH]c5c4)cc3)cc2[nH]1)c1ccccc1. The number of carbonyl (C=O) groups is 3. The number of ether oxygens (including phenoxy) is 3. The van der Waals surface area contributed by atoms with Gasteiger partial charge in [0.1, 0.15) is 23.7 Å². The largest absolute Gasteiger partial charge is 0.453 e. The zero-order valence-electron chi connectivity index (χ0n) is 35.0. The highest BCUT2D eigenvalue weighted by Gasteiger charge is 2.57. The van der Waals surface area contributed by atoms with Gasteiger partial charge >= 0.3 is 6.09 Å². The van der Waals surface area contributed by atoms with Crippen LogP contribution in [0.25, 0.3) is 44.3 Å². The molecule has 12 rings (SSSR count). The smallest absolute Gasteiger partial charge is 0.407 e. The van der Waals surface area contributed by atoms with Crippen molar-refractivity contribution in [1.29, 1.82) is 0 Å². The van der Waals surface area contributed by atoms with Crippen LogP contribution >= 0.6 is 0 Å². The first-order chi connectivity index (χ1) is 31.4. The summed E-state index contributed by atoms with van der Waals surface area (Å²) in [7, 11) is 1.30. The van der Waals surface area contributed by atoms with E-state index in [9.17, 15) is 14.4 Å². The number of aromatic nitrogens is 4. The first-order valence-corrected chi connectivity index (χ1v) is 22.0. The quantitative estimate of drug-likeness (QED) is 0.102. The molecule has 5 aliphatic rings. The lowest BCUT2D eigenvalue weighted by molar-refractivity contribution is -0.335. The second-order valence-electron chi connectivity index (χ2n) is 17.7. The number of hydrogen-bond donors (Lipinski definition) is 4. The van der Waals surface area contributed by atoms with E-state index in [1.54, 1.807) is 0 Å². The lowest BCUT2D eigenvalue weighted by Crippen LogP contribution is -2.50. The molecule has 3 amide bonds. The van der Waals surface area contributed by atoms with Crippen molar-refractivity contribution in [3.05, 3.63) is 144 Å². The Labute approximate surface area is 368 Å². The van der Waals surface area contributed by atoms with Gasteiger partial charge in [-0.05, 0) is 95.2 Å². The van der Waals surface area contributed by atoms with Crippen molar-refractivity contribution in [3.63, 3.8) is 0 Å². The normalized spacial score (nSPS) is 24.2. The molecule has 0 spiro atoms. The fourth-order valence-corrected chi connectivity index (χ4v) is 10.4. The van der Waals surface area contributed by atoms with Gasteiger partial charge in [0, 0.05) is 12.1 Å². The van der Waals surface area contributed by atoms with Gasteiger partial charge in [-0.2, -0.15) is 0 Å². The van der Waals surface area contributed by atoms with E-state index >= 15 is 0 Å². The maximum Gasteiger partial charge on any atom is 0.407 e. The molecule has 7 aromatic rings. The first kappa shape index (κ1) is 38.8. The lowest BCUT2D eigenvalue weighted by atomic mass is 10.00. The fourth-order valence-electron chi connectivity index (χ4n) is 10.4. The van der Waals surface area contributed by atoms with Gasteiger partial charge in [-0.25, -0.2) is 14.8 Å². The Morgan fingerprint density at radius 2 is 1.09 bits per heavy atom. The molecule has 14 nitrogen and oxygen atoms in total. The van der Waals surface area contributed by atoms with Crippen LogP contribution in [0.4, 0.5) is 4.79 Å². The summed E-state index contributed by atoms with van der Waals surface area (Å²) in [5, 5.41) is 6.04. The van der Waals surface area contributed by atoms with E-state index in [0.29, 0.717) is 17.4 Å². The minimum atomic E-state index is -0.871. The van der Waals surface area contributed by atoms with Gasteiger partial charge in [0.05, 0.1) is 41.3 Å². The third-order valence-electron chi connectivity index (χ3n) is 13.8. The predicted octanol–water partition coefficient (Wildman–Crippen LogP) is 7.81. The number of piperidine rings is 2. The number of fused-ring (bicyclic) bond motifs is 4. The average Bonchev–Trinajstić information content (AvgIpc) is 3.98. The number of alkyl carbamates (subject to hydrolysis) is 1. The maximum atomic E-state index is 14.4. The van der Waals surface area contributed by atoms with Crippen molar-refractivity contribution in [2.24, 2.45) is 11.8 Å². The number of H-pyrrole nitrogens is 2. The molecular weight excluding hydrogens is 809 g/mol. The Hall–Kier alpha value is -6.87. The summed E-state index contributed by atoms with van der Waals surface area (Å²) in [5.41, 5.74) is 9.32. The number of rotatable bonds is 11. The number of nitrogens with zero attached hydrogens (tertiary/aromatic N) is 4. The minimum Gasteiger partial charge on any atom is -0.453 e. The third kappa shape index (κ3) is 6.89. The number of nitrogens with one attached hydrogen (secondary N) is 4. The van der Waals surface area contributed by atoms with E-state index in [1.807, 2.05) is 82.6 Å². The number of imidazole rings is 2. The molecule has 5 fully saturated rings. The summed E-state index contributed by atoms with van der Waals surface area (Å²) in [6, 6.07) is 38.5. The van der Waals surface area contributed by atoms with E-state index in [2.05, 4.69) is 69.1 Å². The molecule has 14 heteroatoms. The summed E-state index contributed by atoms with van der Waals surface area (Å²) >= 11 is 0. The predicted molar refractivity (Wildman–Crippen MR) is 237 cm³/mol. The molecule has 64 heavy (non-hydrogen) atoms. The number of aromatic amines is 2. The lowest BCUT2D eigenvalue weighted by Gasteiger charge is -2.35. The number of carbonyl (C=O) groups excluding carboxylic acids is 3. The second-order valence-corrected chi connectivity index (χ2v) is 17.7. The molecule has 4 N–H and O–H groups in total. The first-order valence-electron chi connectivity index (χ1n) is 22.0. The van der Waals surface area contributed by atoms with E-state index in [4.69, 9.17) is 24.2 Å². The summed E-state index contributed by atoms with van der Waals surface area (Å²) in [6.07, 6.45) is 2.38. The summed E-state index contributed by atoms with van der Waals surface area (Å²) in [5.74, 6) is 2.26. The van der Waals surface area contributed by atoms with Crippen molar-refractivity contribution < 1.29 is 28.6 Å². The summed E-state index contributed by atoms with van der Waals surface area (Å²) < 4.78 is 15.9. The molecular formula is C50H46N8O6. The van der Waals surface area contributed by atoms with Crippen LogP contribution in [0.5, 0.6) is 0 Å². The topological polar surface area (TPSA) is 167 Å². The van der Waals surface area contributed by atoms with Crippen LogP contribution < -0.4 is 10.6 Å². The van der Waals surface area contributed by atoms with Crippen LogP contribution in [0, 0.1) is 11.8 Å². The van der Waals surface area contributed by atoms with Gasteiger partial charge in [0.25, 0.3) is 5.91 Å². The van der Waals surface area contributed by atoms with Crippen molar-refractivity contribution in [2.45, 2.75) is 68.3 Å². The molecule has 5 aromatic carbocycles. The highest BCUT2D eigenvalue weighted by Crippen LogP contribution is 2.55. The number of likely N-dealkylation sites (tertiary alicyclic amines) is 2. The van der Waals surface area contributed by atoms with Crippen molar-refractivity contribution >= 4 is 40.0 Å². The van der Waals surface area contributed by atoms with E-state index in [1.165, 1.54) is 7.11 Å². The van der Waals surface area contributed by atoms with E-state index in [0.717, 1.165) is 87.2 Å². The van der Waals surface area contributed by atoms with Gasteiger partial charge in [-0.1, -0.05) is 97.1 Å². The van der Waals surface area contributed by atoms with Crippen LogP contribution in [0.2, 0.25) is 0 Å². The molecule has 0 radical (unpaired) electrons. The molecule has 2 aliphatic carbocycles. The third-order valence-corrected chi connectivity index (χ3v) is 13.8.